The second-order valence-corrected chi connectivity index (χ2v) is 15.0. The first-order chi connectivity index (χ1) is 24.2. The summed E-state index contributed by atoms with van der Waals surface area (Å²) in [6.07, 6.45) is 3.29. The highest BCUT2D eigenvalue weighted by Gasteiger charge is 2.28. The fourth-order valence-electron chi connectivity index (χ4n) is 6.73. The number of rotatable bonds is 8. The van der Waals surface area contributed by atoms with Crippen LogP contribution in [-0.4, -0.2) is 84.2 Å². The van der Waals surface area contributed by atoms with Gasteiger partial charge in [0.2, 0.25) is 0 Å². The third-order valence-electron chi connectivity index (χ3n) is 9.76. The van der Waals surface area contributed by atoms with Gasteiger partial charge in [-0.25, -0.2) is 28.3 Å². The van der Waals surface area contributed by atoms with Gasteiger partial charge in [0.15, 0.2) is 10.3 Å². The Morgan fingerprint density at radius 1 is 0.700 bits per heavy atom. The van der Waals surface area contributed by atoms with E-state index in [-0.39, 0.29) is 35.8 Å². The van der Waals surface area contributed by atoms with Crippen molar-refractivity contribution in [3.05, 3.63) is 83.4 Å². The van der Waals surface area contributed by atoms with E-state index in [1.54, 1.807) is 34.8 Å². The van der Waals surface area contributed by atoms with E-state index in [0.717, 1.165) is 56.5 Å². The van der Waals surface area contributed by atoms with Crippen LogP contribution in [0.5, 0.6) is 0 Å². The number of hydrogen-bond acceptors (Lipinski definition) is 8. The predicted octanol–water partition coefficient (Wildman–Crippen LogP) is 6.81. The van der Waals surface area contributed by atoms with Crippen LogP contribution in [0.15, 0.2) is 60.7 Å². The number of amides is 4. The molecule has 5 aromatic rings. The van der Waals surface area contributed by atoms with E-state index < -0.39 is 0 Å². The average Bonchev–Trinajstić information content (AvgIpc) is 3.76. The zero-order chi connectivity index (χ0) is 34.8. The van der Waals surface area contributed by atoms with Gasteiger partial charge in [0.05, 0.1) is 20.4 Å². The minimum Gasteiger partial charge on any atom is -0.348 e. The molecule has 2 aliphatic heterocycles. The van der Waals surface area contributed by atoms with Crippen molar-refractivity contribution in [2.45, 2.75) is 50.9 Å². The van der Waals surface area contributed by atoms with E-state index in [2.05, 4.69) is 30.4 Å². The van der Waals surface area contributed by atoms with Crippen molar-refractivity contribution in [3.63, 3.8) is 0 Å². The maximum absolute atomic E-state index is 13.6. The Hall–Kier alpha value is -4.56. The number of benzene rings is 3. The number of thiazole rings is 2. The molecule has 7 rings (SSSR count). The molecular weight excluding hydrogens is 679 g/mol. The zero-order valence-electron chi connectivity index (χ0n) is 28.1. The van der Waals surface area contributed by atoms with Crippen LogP contribution in [0.1, 0.15) is 36.8 Å². The quantitative estimate of drug-likeness (QED) is 0.183. The molecule has 3 aromatic carbocycles. The number of nitrogens with zero attached hydrogens (tertiary/aromatic N) is 6. The first-order valence-electron chi connectivity index (χ1n) is 16.9. The molecule has 0 atom stereocenters. The molecule has 0 radical (unpaired) electrons. The third-order valence-corrected chi connectivity index (χ3v) is 12.0. The van der Waals surface area contributed by atoms with Crippen molar-refractivity contribution < 1.29 is 18.4 Å². The number of urea groups is 2. The number of fused-ring (bicyclic) bond motifs is 2. The lowest BCUT2D eigenvalue weighted by Crippen LogP contribution is -2.48. The zero-order valence-corrected chi connectivity index (χ0v) is 29.7. The smallest absolute Gasteiger partial charge is 0.317 e. The molecule has 4 heterocycles. The lowest BCUT2D eigenvalue weighted by atomic mass is 10.0. The van der Waals surface area contributed by atoms with E-state index in [0.29, 0.717) is 50.3 Å². The van der Waals surface area contributed by atoms with E-state index in [1.807, 2.05) is 48.2 Å². The topological polar surface area (TPSA) is 96.9 Å². The van der Waals surface area contributed by atoms with E-state index in [4.69, 9.17) is 0 Å². The van der Waals surface area contributed by atoms with Crippen LogP contribution in [0.4, 0.5) is 28.6 Å². The Morgan fingerprint density at radius 2 is 1.12 bits per heavy atom. The van der Waals surface area contributed by atoms with Crippen molar-refractivity contribution in [1.82, 2.24) is 30.4 Å². The molecule has 2 saturated heterocycles. The lowest BCUT2D eigenvalue weighted by molar-refractivity contribution is 0.180. The number of halogens is 2. The van der Waals surface area contributed by atoms with Crippen LogP contribution in [0.25, 0.3) is 20.4 Å². The van der Waals surface area contributed by atoms with E-state index in [1.165, 1.54) is 24.3 Å². The van der Waals surface area contributed by atoms with Crippen LogP contribution < -0.4 is 20.4 Å². The third kappa shape index (κ3) is 7.60. The maximum Gasteiger partial charge on any atom is 0.317 e. The SMILES string of the molecule is CN(c1nc2cc(F)ccc2s1)C1CCN(C(=O)NCc2cccc(CNC(=O)N3CCC(N(C)c4nc5cc(F)ccc5s4)CC3)c2)CC1. The number of hydrogen-bond donors (Lipinski definition) is 2. The number of piperidine rings is 2. The first kappa shape index (κ1) is 33.9. The highest BCUT2D eigenvalue weighted by atomic mass is 32.1. The largest absolute Gasteiger partial charge is 0.348 e. The Morgan fingerprint density at radius 3 is 1.54 bits per heavy atom. The van der Waals surface area contributed by atoms with Gasteiger partial charge in [0.25, 0.3) is 0 Å². The normalized spacial score (nSPS) is 15.8. The standard InChI is InChI=1S/C36H40F2N8O2S2/c1-43(35-41-29-19-25(37)6-8-31(29)49-35)27-10-14-45(15-11-27)33(47)39-21-23-4-3-5-24(18-23)22-40-34(48)46-16-12-28(13-17-46)44(2)36-42-30-20-26(38)7-9-32(30)50-36/h3-9,18-20,27-28H,10-17,21-22H2,1-2H3,(H,39,47)(H,40,48). The number of carbonyl (C=O) groups is 2. The van der Waals surface area contributed by atoms with Gasteiger partial charge >= 0.3 is 12.1 Å². The lowest BCUT2D eigenvalue weighted by Gasteiger charge is -2.36. The molecule has 14 heteroatoms. The van der Waals surface area contributed by atoms with Crippen LogP contribution >= 0.6 is 22.7 Å². The molecule has 2 fully saturated rings. The van der Waals surface area contributed by atoms with Gasteiger partial charge in [0, 0.05) is 77.6 Å². The van der Waals surface area contributed by atoms with Gasteiger partial charge in [-0.05, 0) is 61.1 Å². The molecule has 0 spiro atoms. The summed E-state index contributed by atoms with van der Waals surface area (Å²) in [5, 5.41) is 7.83. The fourth-order valence-corrected chi connectivity index (χ4v) is 8.69. The Balaban J connectivity index is 0.832. The monoisotopic (exact) mass is 718 g/mol. The van der Waals surface area contributed by atoms with Gasteiger partial charge < -0.3 is 30.2 Å². The molecule has 2 aliphatic rings. The molecular formula is C36H40F2N8O2S2. The van der Waals surface area contributed by atoms with Crippen molar-refractivity contribution in [1.29, 1.82) is 0 Å². The minimum atomic E-state index is -0.287. The van der Waals surface area contributed by atoms with E-state index >= 15 is 0 Å². The first-order valence-corrected chi connectivity index (χ1v) is 18.5. The number of carbonyl (C=O) groups excluding carboxylic acids is 2. The van der Waals surface area contributed by atoms with Gasteiger partial charge in [-0.15, -0.1) is 0 Å². The number of nitrogens with one attached hydrogen (secondary N) is 2. The number of likely N-dealkylation sites (tertiary alicyclic amines) is 2. The highest BCUT2D eigenvalue weighted by molar-refractivity contribution is 7.22. The van der Waals surface area contributed by atoms with Crippen molar-refractivity contribution in [3.8, 4) is 0 Å². The van der Waals surface area contributed by atoms with Gasteiger partial charge in [-0.2, -0.15) is 0 Å². The second-order valence-electron chi connectivity index (χ2n) is 13.0. The molecule has 0 aliphatic carbocycles. The predicted molar refractivity (Wildman–Crippen MR) is 196 cm³/mol. The molecule has 4 amide bonds. The molecule has 0 bridgehead atoms. The molecule has 262 valence electrons. The summed E-state index contributed by atoms with van der Waals surface area (Å²) in [5.74, 6) is -0.573. The highest BCUT2D eigenvalue weighted by Crippen LogP contribution is 2.33. The second kappa shape index (κ2) is 14.7. The summed E-state index contributed by atoms with van der Waals surface area (Å²) in [6, 6.07) is 17.6. The molecule has 2 aromatic heterocycles. The van der Waals surface area contributed by atoms with Crippen molar-refractivity contribution in [2.75, 3.05) is 50.1 Å². The van der Waals surface area contributed by atoms with Crippen LogP contribution in [0.2, 0.25) is 0 Å². The Kier molecular flexibility index (Phi) is 9.99. The van der Waals surface area contributed by atoms with Gasteiger partial charge in [-0.1, -0.05) is 46.9 Å². The molecule has 10 nitrogen and oxygen atoms in total. The summed E-state index contributed by atoms with van der Waals surface area (Å²) in [6.45, 7) is 3.36. The number of aromatic nitrogens is 2. The summed E-state index contributed by atoms with van der Waals surface area (Å²) in [4.78, 5) is 43.3. The van der Waals surface area contributed by atoms with Gasteiger partial charge in [-0.3, -0.25) is 0 Å². The summed E-state index contributed by atoms with van der Waals surface area (Å²) >= 11 is 3.11. The van der Waals surface area contributed by atoms with Crippen molar-refractivity contribution in [2.24, 2.45) is 0 Å². The van der Waals surface area contributed by atoms with Crippen molar-refractivity contribution >= 4 is 65.4 Å². The fraction of sp³-hybridized carbons (Fsp3) is 0.389. The Labute approximate surface area is 297 Å². The average molecular weight is 719 g/mol. The van der Waals surface area contributed by atoms with E-state index in [9.17, 15) is 18.4 Å². The van der Waals surface area contributed by atoms with Crippen LogP contribution in [-0.2, 0) is 13.1 Å². The molecule has 0 unspecified atom stereocenters. The van der Waals surface area contributed by atoms with Gasteiger partial charge in [0.1, 0.15) is 11.6 Å². The molecule has 0 saturated carbocycles. The minimum absolute atomic E-state index is 0.0913. The number of anilines is 2. The molecule has 50 heavy (non-hydrogen) atoms. The van der Waals surface area contributed by atoms with Crippen LogP contribution in [0, 0.1) is 11.6 Å². The molecule has 2 N–H and O–H groups in total. The van der Waals surface area contributed by atoms with Crippen LogP contribution in [0.3, 0.4) is 0 Å². The summed E-state index contributed by atoms with van der Waals surface area (Å²) < 4.78 is 29.2. The Bertz CT molecular complexity index is 1850. The maximum atomic E-state index is 13.6. The summed E-state index contributed by atoms with van der Waals surface area (Å²) in [5.41, 5.74) is 3.27. The summed E-state index contributed by atoms with van der Waals surface area (Å²) in [7, 11) is 4.03.